The van der Waals surface area contributed by atoms with E-state index in [0.29, 0.717) is 30.1 Å². The largest absolute Gasteiger partial charge is 0.351 e. The molecule has 1 aromatic rings. The number of fused-ring (bicyclic) bond motifs is 6. The summed E-state index contributed by atoms with van der Waals surface area (Å²) < 4.78 is 0. The normalized spacial score (nSPS) is 36.7. The van der Waals surface area contributed by atoms with Gasteiger partial charge < -0.3 is 9.80 Å². The third kappa shape index (κ3) is 2.75. The number of aromatic nitrogens is 2. The summed E-state index contributed by atoms with van der Waals surface area (Å²) in [7, 11) is 4.57. The SMILES string of the molecule is CN1CC2CCC1CN2c1cc(C2CC2)nc(N2CC3CCC2CN3C)n1. The van der Waals surface area contributed by atoms with Crippen LogP contribution >= 0.6 is 0 Å². The molecule has 7 fully saturated rings. The predicted molar refractivity (Wildman–Crippen MR) is 108 cm³/mol. The molecule has 1 aliphatic carbocycles. The molecule has 146 valence electrons. The Balaban J connectivity index is 1.35. The molecule has 0 radical (unpaired) electrons. The molecule has 0 N–H and O–H groups in total. The van der Waals surface area contributed by atoms with Gasteiger partial charge in [0, 0.05) is 62.3 Å². The minimum Gasteiger partial charge on any atom is -0.351 e. The third-order valence-electron chi connectivity index (χ3n) is 7.87. The van der Waals surface area contributed by atoms with Crippen molar-refractivity contribution in [1.82, 2.24) is 19.8 Å². The Kier molecular flexibility index (Phi) is 3.71. The van der Waals surface area contributed by atoms with Crippen molar-refractivity contribution < 1.29 is 0 Å². The highest BCUT2D eigenvalue weighted by molar-refractivity contribution is 5.50. The van der Waals surface area contributed by atoms with Crippen LogP contribution in [0.4, 0.5) is 11.8 Å². The first-order chi connectivity index (χ1) is 13.2. The average Bonchev–Trinajstić information content (AvgIpc) is 3.54. The predicted octanol–water partition coefficient (Wildman–Crippen LogP) is 1.92. The summed E-state index contributed by atoms with van der Waals surface area (Å²) in [6.07, 6.45) is 7.88. The maximum atomic E-state index is 5.18. The van der Waals surface area contributed by atoms with E-state index in [4.69, 9.17) is 9.97 Å². The Bertz CT molecular complexity index is 681. The first-order valence-electron chi connectivity index (χ1n) is 11.0. The number of likely N-dealkylation sites (N-methyl/N-ethyl adjacent to an activating group) is 2. The molecule has 6 nitrogen and oxygen atoms in total. The number of anilines is 2. The van der Waals surface area contributed by atoms with Gasteiger partial charge in [-0.3, -0.25) is 9.80 Å². The summed E-state index contributed by atoms with van der Waals surface area (Å²) in [5.41, 5.74) is 1.31. The van der Waals surface area contributed by atoms with Gasteiger partial charge in [0.15, 0.2) is 0 Å². The Hall–Kier alpha value is -1.40. The Morgan fingerprint density at radius 2 is 1.30 bits per heavy atom. The monoisotopic (exact) mass is 368 g/mol. The summed E-state index contributed by atoms with van der Waals surface area (Å²) in [5, 5.41) is 0. The molecule has 27 heavy (non-hydrogen) atoms. The maximum Gasteiger partial charge on any atom is 0.227 e. The van der Waals surface area contributed by atoms with Gasteiger partial charge >= 0.3 is 0 Å². The van der Waals surface area contributed by atoms with Crippen LogP contribution in [0.5, 0.6) is 0 Å². The molecule has 6 saturated heterocycles. The average molecular weight is 369 g/mol. The second-order valence-electron chi connectivity index (χ2n) is 9.68. The van der Waals surface area contributed by atoms with E-state index in [1.54, 1.807) is 0 Å². The highest BCUT2D eigenvalue weighted by atomic mass is 15.4. The molecular formula is C21H32N6. The van der Waals surface area contributed by atoms with Crippen molar-refractivity contribution in [3.8, 4) is 0 Å². The van der Waals surface area contributed by atoms with Crippen LogP contribution < -0.4 is 9.80 Å². The lowest BCUT2D eigenvalue weighted by Gasteiger charge is -2.52. The van der Waals surface area contributed by atoms with Crippen LogP contribution in [0.3, 0.4) is 0 Å². The molecule has 7 heterocycles. The van der Waals surface area contributed by atoms with Crippen LogP contribution in [0.15, 0.2) is 6.07 Å². The molecule has 4 unspecified atom stereocenters. The van der Waals surface area contributed by atoms with E-state index in [1.807, 2.05) is 0 Å². The smallest absolute Gasteiger partial charge is 0.227 e. The van der Waals surface area contributed by atoms with Gasteiger partial charge in [-0.1, -0.05) is 0 Å². The lowest BCUT2D eigenvalue weighted by molar-refractivity contribution is 0.122. The minimum absolute atomic E-state index is 0.589. The highest BCUT2D eigenvalue weighted by Gasteiger charge is 2.41. The van der Waals surface area contributed by atoms with Gasteiger partial charge in [0.2, 0.25) is 5.95 Å². The minimum atomic E-state index is 0.589. The number of piperidine rings is 4. The third-order valence-corrected chi connectivity index (χ3v) is 7.87. The molecule has 0 aromatic carbocycles. The van der Waals surface area contributed by atoms with Crippen molar-refractivity contribution in [2.75, 3.05) is 50.1 Å². The van der Waals surface area contributed by atoms with Crippen molar-refractivity contribution >= 4 is 11.8 Å². The maximum absolute atomic E-state index is 5.18. The van der Waals surface area contributed by atoms with Crippen molar-refractivity contribution in [3.63, 3.8) is 0 Å². The molecule has 4 bridgehead atoms. The van der Waals surface area contributed by atoms with Crippen LogP contribution in [-0.2, 0) is 0 Å². The fourth-order valence-corrected chi connectivity index (χ4v) is 5.91. The van der Waals surface area contributed by atoms with Gasteiger partial charge in [0.25, 0.3) is 0 Å². The van der Waals surface area contributed by atoms with Crippen molar-refractivity contribution in [2.24, 2.45) is 0 Å². The van der Waals surface area contributed by atoms with E-state index >= 15 is 0 Å². The summed E-state index contributed by atoms with van der Waals surface area (Å²) >= 11 is 0. The van der Waals surface area contributed by atoms with E-state index < -0.39 is 0 Å². The van der Waals surface area contributed by atoms with E-state index in [1.165, 1.54) is 56.6 Å². The molecule has 6 aliphatic heterocycles. The number of hydrogen-bond donors (Lipinski definition) is 0. The zero-order valence-electron chi connectivity index (χ0n) is 16.7. The van der Waals surface area contributed by atoms with E-state index in [9.17, 15) is 0 Å². The molecule has 7 aliphatic rings. The topological polar surface area (TPSA) is 38.7 Å². The zero-order valence-corrected chi connectivity index (χ0v) is 16.7. The molecule has 6 heteroatoms. The lowest BCUT2D eigenvalue weighted by Crippen LogP contribution is -2.62. The molecular weight excluding hydrogens is 336 g/mol. The van der Waals surface area contributed by atoms with E-state index in [2.05, 4.69) is 39.8 Å². The van der Waals surface area contributed by atoms with Gasteiger partial charge in [-0.05, 0) is 52.6 Å². The van der Waals surface area contributed by atoms with Crippen LogP contribution in [0.1, 0.15) is 50.1 Å². The molecule has 1 aromatic heterocycles. The van der Waals surface area contributed by atoms with E-state index in [0.717, 1.165) is 25.6 Å². The van der Waals surface area contributed by atoms with Crippen LogP contribution in [0.2, 0.25) is 0 Å². The standard InChI is InChI=1S/C21H32N6/c1-24-10-17-7-5-15(24)12-26(17)20-9-19(14-3-4-14)22-21(23-20)27-13-16-6-8-18(27)11-25(16)2/h9,14-18H,3-8,10-13H2,1-2H3. The Morgan fingerprint density at radius 1 is 0.704 bits per heavy atom. The second kappa shape index (κ2) is 6.05. The molecule has 0 spiro atoms. The van der Waals surface area contributed by atoms with E-state index in [-0.39, 0.29) is 0 Å². The van der Waals surface area contributed by atoms with Gasteiger partial charge in [0.05, 0.1) is 5.69 Å². The summed E-state index contributed by atoms with van der Waals surface area (Å²) in [6, 6.07) is 4.91. The molecule has 4 atom stereocenters. The van der Waals surface area contributed by atoms with Crippen LogP contribution in [-0.4, -0.2) is 84.2 Å². The summed E-state index contributed by atoms with van der Waals surface area (Å²) in [5.74, 6) is 2.91. The van der Waals surface area contributed by atoms with Crippen molar-refractivity contribution in [2.45, 2.75) is 68.6 Å². The van der Waals surface area contributed by atoms with Gasteiger partial charge in [0.1, 0.15) is 5.82 Å². The molecule has 1 saturated carbocycles. The van der Waals surface area contributed by atoms with Gasteiger partial charge in [-0.2, -0.15) is 4.98 Å². The fourth-order valence-electron chi connectivity index (χ4n) is 5.91. The van der Waals surface area contributed by atoms with Gasteiger partial charge in [-0.25, -0.2) is 4.98 Å². The van der Waals surface area contributed by atoms with Crippen molar-refractivity contribution in [3.05, 3.63) is 11.8 Å². The first kappa shape index (κ1) is 16.5. The quantitative estimate of drug-likeness (QED) is 0.812. The number of hydrogen-bond acceptors (Lipinski definition) is 6. The number of piperazine rings is 2. The molecule has 0 amide bonds. The Labute approximate surface area is 162 Å². The fraction of sp³-hybridized carbons (Fsp3) is 0.810. The molecule has 8 rings (SSSR count). The number of nitrogens with zero attached hydrogens (tertiary/aromatic N) is 6. The summed E-state index contributed by atoms with van der Waals surface area (Å²) in [6.45, 7) is 4.58. The van der Waals surface area contributed by atoms with Crippen LogP contribution in [0, 0.1) is 0 Å². The first-order valence-corrected chi connectivity index (χ1v) is 11.0. The Morgan fingerprint density at radius 3 is 1.81 bits per heavy atom. The van der Waals surface area contributed by atoms with Crippen LogP contribution in [0.25, 0.3) is 0 Å². The zero-order chi connectivity index (χ0) is 18.1. The second-order valence-corrected chi connectivity index (χ2v) is 9.68. The number of rotatable bonds is 3. The lowest BCUT2D eigenvalue weighted by atomic mass is 9.91. The highest BCUT2D eigenvalue weighted by Crippen LogP contribution is 2.42. The van der Waals surface area contributed by atoms with Crippen molar-refractivity contribution in [1.29, 1.82) is 0 Å². The van der Waals surface area contributed by atoms with Gasteiger partial charge in [-0.15, -0.1) is 0 Å². The summed E-state index contributed by atoms with van der Waals surface area (Å²) in [4.78, 5) is 20.5.